The van der Waals surface area contributed by atoms with Crippen LogP contribution in [-0.4, -0.2) is 18.6 Å². The molecule has 0 unspecified atom stereocenters. The fourth-order valence-corrected chi connectivity index (χ4v) is 7.58. The molecular weight excluding hydrogens is 665 g/mol. The predicted molar refractivity (Wildman–Crippen MR) is 162 cm³/mol. The lowest BCUT2D eigenvalue weighted by atomic mass is 9.76. The van der Waals surface area contributed by atoms with E-state index in [-0.39, 0.29) is 53.4 Å². The number of hydrogen-bond acceptors (Lipinski definition) is 4. The summed E-state index contributed by atoms with van der Waals surface area (Å²) in [4.78, 5) is 17.4. The van der Waals surface area contributed by atoms with E-state index in [1.54, 1.807) is 13.0 Å². The Labute approximate surface area is 276 Å². The van der Waals surface area contributed by atoms with Gasteiger partial charge in [0.15, 0.2) is 6.10 Å². The van der Waals surface area contributed by atoms with E-state index >= 15 is 0 Å². The summed E-state index contributed by atoms with van der Waals surface area (Å²) >= 11 is 0. The van der Waals surface area contributed by atoms with Gasteiger partial charge in [-0.1, -0.05) is 17.3 Å². The molecule has 13 heteroatoms. The van der Waals surface area contributed by atoms with E-state index in [1.165, 1.54) is 13.2 Å². The summed E-state index contributed by atoms with van der Waals surface area (Å²) in [7, 11) is 1.44. The average Bonchev–Trinajstić information content (AvgIpc) is 3.65. The molecule has 3 aromatic carbocycles. The van der Waals surface area contributed by atoms with Gasteiger partial charge in [-0.25, -0.2) is 0 Å². The predicted octanol–water partition coefficient (Wildman–Crippen LogP) is 10.9. The molecule has 0 saturated heterocycles. The zero-order valence-corrected chi connectivity index (χ0v) is 26.4. The number of alkyl halides is 9. The number of halogens is 9. The third-order valence-electron chi connectivity index (χ3n) is 10.1. The van der Waals surface area contributed by atoms with Crippen LogP contribution in [0.15, 0.2) is 59.8 Å². The highest BCUT2D eigenvalue weighted by Crippen LogP contribution is 2.52. The van der Waals surface area contributed by atoms with Crippen LogP contribution in [0, 0.1) is 11.8 Å². The molecule has 2 saturated carbocycles. The van der Waals surface area contributed by atoms with Crippen LogP contribution < -0.4 is 4.74 Å². The molecule has 0 bridgehead atoms. The lowest BCUT2D eigenvalue weighted by molar-refractivity contribution is -0.143. The molecule has 0 aromatic heterocycles. The number of carbonyl (C=O) groups excluding carboxylic acids is 1. The zero-order valence-electron chi connectivity index (χ0n) is 26.4. The lowest BCUT2D eigenvalue weighted by Crippen LogP contribution is -2.19. The number of benzene rings is 3. The quantitative estimate of drug-likeness (QED) is 0.241. The number of Topliss-reactive ketones (excluding diaryl/α,β-unsaturated/α-hetero) is 1. The van der Waals surface area contributed by atoms with Crippen LogP contribution in [0.3, 0.4) is 0 Å². The van der Waals surface area contributed by atoms with E-state index in [2.05, 4.69) is 5.16 Å². The molecule has 0 N–H and O–H groups in total. The van der Waals surface area contributed by atoms with Crippen LogP contribution in [0.4, 0.5) is 39.5 Å². The Kier molecular flexibility index (Phi) is 9.02. The van der Waals surface area contributed by atoms with Crippen LogP contribution in [0.2, 0.25) is 0 Å². The van der Waals surface area contributed by atoms with Crippen LogP contribution in [-0.2, 0) is 28.2 Å². The van der Waals surface area contributed by atoms with Crippen molar-refractivity contribution in [3.8, 4) is 16.9 Å². The van der Waals surface area contributed by atoms with E-state index in [0.29, 0.717) is 29.0 Å². The first-order chi connectivity index (χ1) is 23.0. The Bertz CT molecular complexity index is 1740. The number of nitrogens with zero attached hydrogens (tertiary/aromatic N) is 1. The summed E-state index contributed by atoms with van der Waals surface area (Å²) in [6.07, 6.45) is -12.7. The summed E-state index contributed by atoms with van der Waals surface area (Å²) in [5.41, 5.74) is -1.87. The molecular formula is C36H32F9NO3. The van der Waals surface area contributed by atoms with Crippen LogP contribution in [0.5, 0.6) is 5.75 Å². The Hall–Kier alpha value is -4.03. The Morgan fingerprint density at radius 3 is 1.92 bits per heavy atom. The number of rotatable bonds is 6. The van der Waals surface area contributed by atoms with Gasteiger partial charge in [-0.05, 0) is 116 Å². The van der Waals surface area contributed by atoms with Gasteiger partial charge < -0.3 is 9.57 Å². The van der Waals surface area contributed by atoms with E-state index in [4.69, 9.17) is 9.57 Å². The van der Waals surface area contributed by atoms with E-state index < -0.39 is 53.2 Å². The van der Waals surface area contributed by atoms with Gasteiger partial charge in [-0.2, -0.15) is 39.5 Å². The van der Waals surface area contributed by atoms with Crippen LogP contribution in [0.1, 0.15) is 96.8 Å². The fraction of sp³-hybridized carbons (Fsp3) is 0.444. The molecule has 0 amide bonds. The molecule has 1 heterocycles. The SMILES string of the molecule is COc1ccc(C2CCC(C(C)=O)CC2)cc1-c1ccc(C(F)(F)F)cc1[C@@H]1CC[C@@H]2C1=NO[C@@H]2c1cc(C(F)(F)F)cc(C(F)(F)F)c1. The van der Waals surface area contributed by atoms with E-state index in [9.17, 15) is 44.3 Å². The third-order valence-corrected chi connectivity index (χ3v) is 10.1. The molecule has 1 aliphatic heterocycles. The Morgan fingerprint density at radius 2 is 1.35 bits per heavy atom. The van der Waals surface area contributed by atoms with Gasteiger partial charge in [0.25, 0.3) is 0 Å². The number of hydrogen-bond donors (Lipinski definition) is 0. The largest absolute Gasteiger partial charge is 0.496 e. The van der Waals surface area contributed by atoms with Crippen molar-refractivity contribution >= 4 is 11.5 Å². The molecule has 49 heavy (non-hydrogen) atoms. The van der Waals surface area contributed by atoms with Gasteiger partial charge in [0.2, 0.25) is 0 Å². The maximum atomic E-state index is 14.1. The maximum absolute atomic E-state index is 14.1. The minimum absolute atomic E-state index is 0.0000149. The van der Waals surface area contributed by atoms with E-state index in [0.717, 1.165) is 43.4 Å². The van der Waals surface area contributed by atoms with Crippen molar-refractivity contribution in [1.29, 1.82) is 0 Å². The van der Waals surface area contributed by atoms with Crippen molar-refractivity contribution in [1.82, 2.24) is 0 Å². The molecule has 0 spiro atoms. The normalized spacial score (nSPS) is 24.3. The summed E-state index contributed by atoms with van der Waals surface area (Å²) in [6, 6.07) is 10.1. The lowest BCUT2D eigenvalue weighted by Gasteiger charge is -2.28. The Morgan fingerprint density at radius 1 is 0.714 bits per heavy atom. The fourth-order valence-electron chi connectivity index (χ4n) is 7.58. The number of carbonyl (C=O) groups is 1. The zero-order chi connectivity index (χ0) is 35.5. The van der Waals surface area contributed by atoms with Gasteiger partial charge in [0.1, 0.15) is 11.5 Å². The first-order valence-electron chi connectivity index (χ1n) is 15.9. The van der Waals surface area contributed by atoms with Crippen LogP contribution in [0.25, 0.3) is 11.1 Å². The summed E-state index contributed by atoms with van der Waals surface area (Å²) in [5, 5.41) is 4.09. The minimum atomic E-state index is -5.07. The second kappa shape index (κ2) is 12.7. The van der Waals surface area contributed by atoms with Crippen molar-refractivity contribution in [2.75, 3.05) is 7.11 Å². The highest BCUT2D eigenvalue weighted by atomic mass is 19.4. The third kappa shape index (κ3) is 6.90. The summed E-state index contributed by atoms with van der Waals surface area (Å²) < 4.78 is 130. The van der Waals surface area contributed by atoms with Crippen molar-refractivity contribution in [2.24, 2.45) is 17.0 Å². The average molecular weight is 698 g/mol. The molecule has 3 aliphatic rings. The first-order valence-corrected chi connectivity index (χ1v) is 15.9. The number of ether oxygens (including phenoxy) is 1. The van der Waals surface area contributed by atoms with Crippen molar-refractivity contribution in [2.45, 2.75) is 81.9 Å². The first kappa shape index (κ1) is 34.8. The topological polar surface area (TPSA) is 47.9 Å². The molecule has 2 fully saturated rings. The number of fused-ring (bicyclic) bond motifs is 1. The number of oxime groups is 1. The molecule has 0 radical (unpaired) electrons. The maximum Gasteiger partial charge on any atom is 0.416 e. The Balaban J connectivity index is 1.39. The monoisotopic (exact) mass is 697 g/mol. The van der Waals surface area contributed by atoms with Gasteiger partial charge in [0, 0.05) is 23.3 Å². The molecule has 4 nitrogen and oxygen atoms in total. The van der Waals surface area contributed by atoms with Gasteiger partial charge >= 0.3 is 18.5 Å². The second-order valence-corrected chi connectivity index (χ2v) is 13.0. The van der Waals surface area contributed by atoms with E-state index in [1.807, 2.05) is 12.1 Å². The number of ketones is 1. The smallest absolute Gasteiger partial charge is 0.416 e. The molecule has 262 valence electrons. The highest BCUT2D eigenvalue weighted by Gasteiger charge is 2.47. The van der Waals surface area contributed by atoms with Crippen molar-refractivity contribution in [3.63, 3.8) is 0 Å². The van der Waals surface area contributed by atoms with Crippen LogP contribution >= 0.6 is 0 Å². The standard InChI is InChI=1S/C36H32F9NO3/c1-18(47)19-3-5-20(6-4-19)21-7-12-31(48-2)30(15-21)26-9-8-23(34(37,38)39)17-29(26)27-10-11-28-32(27)46-49-33(28)22-13-24(35(40,41)42)16-25(14-22)36(43,44)45/h7-9,12-17,19-20,27-28,33H,3-6,10-11H2,1-2H3/t19?,20?,27-,28+,33+/m0/s1. The van der Waals surface area contributed by atoms with Gasteiger partial charge in [-0.15, -0.1) is 0 Å². The number of methoxy groups -OCH3 is 1. The molecule has 3 aromatic rings. The van der Waals surface area contributed by atoms with Crippen molar-refractivity contribution in [3.05, 3.63) is 88.0 Å². The molecule has 2 aliphatic carbocycles. The van der Waals surface area contributed by atoms with Gasteiger partial charge in [0.05, 0.1) is 29.5 Å². The summed E-state index contributed by atoms with van der Waals surface area (Å²) in [6.45, 7) is 1.58. The molecule has 6 rings (SSSR count). The molecule has 3 atom stereocenters. The van der Waals surface area contributed by atoms with Gasteiger partial charge in [-0.3, -0.25) is 4.79 Å². The summed E-state index contributed by atoms with van der Waals surface area (Å²) in [5.74, 6) is -0.853. The second-order valence-electron chi connectivity index (χ2n) is 13.0. The highest BCUT2D eigenvalue weighted by molar-refractivity contribution is 5.97. The minimum Gasteiger partial charge on any atom is -0.496 e. The van der Waals surface area contributed by atoms with Crippen molar-refractivity contribution < 1.29 is 53.9 Å².